The Bertz CT molecular complexity index is 540. The van der Waals surface area contributed by atoms with Crippen LogP contribution < -0.4 is 10.1 Å². The minimum Gasteiger partial charge on any atom is -0.493 e. The van der Waals surface area contributed by atoms with Gasteiger partial charge in [-0.3, -0.25) is 4.68 Å². The van der Waals surface area contributed by atoms with E-state index in [1.807, 2.05) is 36.1 Å². The van der Waals surface area contributed by atoms with Crippen molar-refractivity contribution in [3.05, 3.63) is 47.8 Å². The smallest absolute Gasteiger partial charge is 0.119 e. The molecule has 0 radical (unpaired) electrons. The molecule has 21 heavy (non-hydrogen) atoms. The van der Waals surface area contributed by atoms with E-state index < -0.39 is 0 Å². The lowest BCUT2D eigenvalue weighted by Crippen LogP contribution is -2.15. The van der Waals surface area contributed by atoms with Crippen molar-refractivity contribution in [3.63, 3.8) is 0 Å². The van der Waals surface area contributed by atoms with Gasteiger partial charge in [-0.2, -0.15) is 5.10 Å². The zero-order chi connectivity index (χ0) is 14.9. The fourth-order valence-corrected chi connectivity index (χ4v) is 2.05. The van der Waals surface area contributed by atoms with Crippen LogP contribution in [0.1, 0.15) is 17.7 Å². The average molecular weight is 289 g/mol. The van der Waals surface area contributed by atoms with Gasteiger partial charge in [0.2, 0.25) is 0 Å². The predicted molar refractivity (Wildman–Crippen MR) is 82.2 cm³/mol. The average Bonchev–Trinajstić information content (AvgIpc) is 2.90. The third-order valence-electron chi connectivity index (χ3n) is 3.22. The van der Waals surface area contributed by atoms with Crippen LogP contribution in [0.4, 0.5) is 0 Å². The van der Waals surface area contributed by atoms with Crippen LogP contribution >= 0.6 is 0 Å². The molecular formula is C16H23N3O2. The summed E-state index contributed by atoms with van der Waals surface area (Å²) in [5.41, 5.74) is 2.38. The van der Waals surface area contributed by atoms with Crippen LogP contribution in [0, 0.1) is 0 Å². The Morgan fingerprint density at radius 2 is 2.10 bits per heavy atom. The predicted octanol–water partition coefficient (Wildman–Crippen LogP) is 2.13. The molecule has 0 bridgehead atoms. The lowest BCUT2D eigenvalue weighted by molar-refractivity contribution is 0.172. The first-order valence-electron chi connectivity index (χ1n) is 7.18. The summed E-state index contributed by atoms with van der Waals surface area (Å²) in [7, 11) is 3.65. The Morgan fingerprint density at radius 3 is 2.86 bits per heavy atom. The second kappa shape index (κ2) is 8.44. The molecule has 0 aliphatic rings. The highest BCUT2D eigenvalue weighted by Gasteiger charge is 2.00. The molecule has 2 aromatic rings. The van der Waals surface area contributed by atoms with Gasteiger partial charge in [0.1, 0.15) is 5.75 Å². The van der Waals surface area contributed by atoms with Crippen molar-refractivity contribution >= 4 is 0 Å². The Balaban J connectivity index is 1.76. The van der Waals surface area contributed by atoms with Gasteiger partial charge in [0.25, 0.3) is 0 Å². The second-order valence-electron chi connectivity index (χ2n) is 4.89. The van der Waals surface area contributed by atoms with Crippen molar-refractivity contribution in [2.45, 2.75) is 19.5 Å². The van der Waals surface area contributed by atoms with Gasteiger partial charge in [-0.25, -0.2) is 0 Å². The van der Waals surface area contributed by atoms with E-state index in [2.05, 4.69) is 22.5 Å². The molecule has 0 unspecified atom stereocenters. The fraction of sp³-hybridized carbons (Fsp3) is 0.438. The number of benzene rings is 1. The van der Waals surface area contributed by atoms with Crippen LogP contribution in [0.3, 0.4) is 0 Å². The molecule has 0 saturated carbocycles. The van der Waals surface area contributed by atoms with Crippen LogP contribution in [0.5, 0.6) is 5.75 Å². The van der Waals surface area contributed by atoms with Crippen molar-refractivity contribution in [1.29, 1.82) is 0 Å². The number of aryl methyl sites for hydroxylation is 1. The summed E-state index contributed by atoms with van der Waals surface area (Å²) in [5.74, 6) is 0.908. The quantitative estimate of drug-likeness (QED) is 0.718. The van der Waals surface area contributed by atoms with E-state index in [0.29, 0.717) is 6.61 Å². The van der Waals surface area contributed by atoms with Gasteiger partial charge < -0.3 is 14.8 Å². The summed E-state index contributed by atoms with van der Waals surface area (Å²) in [6, 6.07) is 10.2. The molecule has 0 saturated heterocycles. The van der Waals surface area contributed by atoms with Gasteiger partial charge in [0.05, 0.1) is 12.3 Å². The summed E-state index contributed by atoms with van der Waals surface area (Å²) in [6.07, 6.45) is 2.71. The SMILES string of the molecule is COCCCOc1cccc(CNCc2ccnn2C)c1. The van der Waals surface area contributed by atoms with E-state index in [0.717, 1.165) is 31.9 Å². The molecule has 1 heterocycles. The Hall–Kier alpha value is -1.85. The maximum Gasteiger partial charge on any atom is 0.119 e. The molecule has 0 aliphatic carbocycles. The first kappa shape index (κ1) is 15.5. The zero-order valence-corrected chi connectivity index (χ0v) is 12.7. The molecule has 5 heteroatoms. The van der Waals surface area contributed by atoms with Crippen LogP contribution in [0.15, 0.2) is 36.5 Å². The van der Waals surface area contributed by atoms with Gasteiger partial charge in [-0.1, -0.05) is 12.1 Å². The molecule has 0 fully saturated rings. The standard InChI is InChI=1S/C16H23N3O2/c1-19-15(7-8-18-19)13-17-12-14-5-3-6-16(11-14)21-10-4-9-20-2/h3,5-8,11,17H,4,9-10,12-13H2,1-2H3. The Kier molecular flexibility index (Phi) is 6.24. The van der Waals surface area contributed by atoms with E-state index in [1.54, 1.807) is 7.11 Å². The summed E-state index contributed by atoms with van der Waals surface area (Å²) in [5, 5.41) is 7.56. The topological polar surface area (TPSA) is 48.3 Å². The minimum absolute atomic E-state index is 0.680. The Labute approximate surface area is 125 Å². The van der Waals surface area contributed by atoms with Crippen LogP contribution in [-0.4, -0.2) is 30.1 Å². The summed E-state index contributed by atoms with van der Waals surface area (Å²) in [6.45, 7) is 3.02. The zero-order valence-electron chi connectivity index (χ0n) is 12.7. The van der Waals surface area contributed by atoms with Gasteiger partial charge in [-0.05, 0) is 23.8 Å². The summed E-state index contributed by atoms with van der Waals surface area (Å²) < 4.78 is 12.6. The van der Waals surface area contributed by atoms with Crippen LogP contribution in [0.25, 0.3) is 0 Å². The summed E-state index contributed by atoms with van der Waals surface area (Å²) in [4.78, 5) is 0. The van der Waals surface area contributed by atoms with Crippen molar-refractivity contribution in [2.24, 2.45) is 7.05 Å². The highest BCUT2D eigenvalue weighted by molar-refractivity contribution is 5.28. The number of aromatic nitrogens is 2. The first-order chi connectivity index (χ1) is 10.3. The van der Waals surface area contributed by atoms with Crippen molar-refractivity contribution in [1.82, 2.24) is 15.1 Å². The van der Waals surface area contributed by atoms with E-state index in [1.165, 1.54) is 11.3 Å². The molecule has 0 amide bonds. The summed E-state index contributed by atoms with van der Waals surface area (Å²) >= 11 is 0. The monoisotopic (exact) mass is 289 g/mol. The highest BCUT2D eigenvalue weighted by atomic mass is 16.5. The van der Waals surface area contributed by atoms with Crippen molar-refractivity contribution < 1.29 is 9.47 Å². The number of hydrogen-bond donors (Lipinski definition) is 1. The van der Waals surface area contributed by atoms with Gasteiger partial charge in [-0.15, -0.1) is 0 Å². The normalized spacial score (nSPS) is 10.8. The minimum atomic E-state index is 0.680. The van der Waals surface area contributed by atoms with Gasteiger partial charge in [0.15, 0.2) is 0 Å². The van der Waals surface area contributed by atoms with Crippen LogP contribution in [0.2, 0.25) is 0 Å². The fourth-order valence-electron chi connectivity index (χ4n) is 2.05. The number of rotatable bonds is 9. The molecule has 5 nitrogen and oxygen atoms in total. The van der Waals surface area contributed by atoms with E-state index in [-0.39, 0.29) is 0 Å². The molecule has 1 N–H and O–H groups in total. The number of methoxy groups -OCH3 is 1. The molecule has 2 rings (SSSR count). The molecule has 0 spiro atoms. The third kappa shape index (κ3) is 5.21. The van der Waals surface area contributed by atoms with Crippen molar-refractivity contribution in [2.75, 3.05) is 20.3 Å². The first-order valence-corrected chi connectivity index (χ1v) is 7.18. The molecule has 0 aliphatic heterocycles. The van der Waals surface area contributed by atoms with E-state index in [4.69, 9.17) is 9.47 Å². The van der Waals surface area contributed by atoms with Crippen LogP contribution in [-0.2, 0) is 24.9 Å². The maximum atomic E-state index is 5.70. The molecule has 0 atom stereocenters. The lowest BCUT2D eigenvalue weighted by atomic mass is 10.2. The van der Waals surface area contributed by atoms with E-state index >= 15 is 0 Å². The molecule has 1 aromatic heterocycles. The molecule has 114 valence electrons. The number of hydrogen-bond acceptors (Lipinski definition) is 4. The third-order valence-corrected chi connectivity index (χ3v) is 3.22. The number of nitrogens with zero attached hydrogens (tertiary/aromatic N) is 2. The van der Waals surface area contributed by atoms with Gasteiger partial charge in [0, 0.05) is 46.5 Å². The largest absolute Gasteiger partial charge is 0.493 e. The molecular weight excluding hydrogens is 266 g/mol. The van der Waals surface area contributed by atoms with E-state index in [9.17, 15) is 0 Å². The Morgan fingerprint density at radius 1 is 1.19 bits per heavy atom. The van der Waals surface area contributed by atoms with Gasteiger partial charge >= 0.3 is 0 Å². The second-order valence-corrected chi connectivity index (χ2v) is 4.89. The number of nitrogens with one attached hydrogen (secondary N) is 1. The maximum absolute atomic E-state index is 5.70. The number of ether oxygens (including phenoxy) is 2. The molecule has 1 aromatic carbocycles. The van der Waals surface area contributed by atoms with Crippen molar-refractivity contribution in [3.8, 4) is 5.75 Å². The lowest BCUT2D eigenvalue weighted by Gasteiger charge is -2.09. The highest BCUT2D eigenvalue weighted by Crippen LogP contribution is 2.13.